The molecule has 1 N–H and O–H groups in total. The standard InChI is InChI=1S/C12H8Cl2N2O/c13-8-1-3-9(4-2-8)15-16-10-5-6-12(17)11(14)7-10/h1-7,17H. The van der Waals surface area contributed by atoms with Gasteiger partial charge in [-0.25, -0.2) is 0 Å². The van der Waals surface area contributed by atoms with E-state index in [1.807, 2.05) is 0 Å². The van der Waals surface area contributed by atoms with Crippen molar-refractivity contribution in [2.45, 2.75) is 0 Å². The summed E-state index contributed by atoms with van der Waals surface area (Å²) in [6, 6.07) is 11.6. The summed E-state index contributed by atoms with van der Waals surface area (Å²) in [7, 11) is 0. The van der Waals surface area contributed by atoms with E-state index in [0.29, 0.717) is 16.4 Å². The van der Waals surface area contributed by atoms with E-state index in [-0.39, 0.29) is 10.8 Å². The molecule has 0 fully saturated rings. The number of phenolic OH excluding ortho intramolecular Hbond substituents is 1. The lowest BCUT2D eigenvalue weighted by molar-refractivity contribution is 0.475. The van der Waals surface area contributed by atoms with Crippen molar-refractivity contribution in [2.24, 2.45) is 10.2 Å². The molecule has 0 spiro atoms. The Labute approximate surface area is 108 Å². The zero-order valence-electron chi connectivity index (χ0n) is 8.64. The van der Waals surface area contributed by atoms with Crippen LogP contribution in [0.5, 0.6) is 5.75 Å². The van der Waals surface area contributed by atoms with Gasteiger partial charge in [-0.15, -0.1) is 0 Å². The fourth-order valence-electron chi connectivity index (χ4n) is 1.18. The van der Waals surface area contributed by atoms with Gasteiger partial charge in [-0.2, -0.15) is 10.2 Å². The summed E-state index contributed by atoms with van der Waals surface area (Å²) >= 11 is 11.5. The van der Waals surface area contributed by atoms with E-state index in [1.54, 1.807) is 30.3 Å². The molecule has 0 radical (unpaired) electrons. The molecule has 2 aromatic carbocycles. The third kappa shape index (κ3) is 3.19. The summed E-state index contributed by atoms with van der Waals surface area (Å²) in [4.78, 5) is 0. The van der Waals surface area contributed by atoms with E-state index in [1.165, 1.54) is 12.1 Å². The number of hydrogen-bond acceptors (Lipinski definition) is 3. The Morgan fingerprint density at radius 2 is 1.41 bits per heavy atom. The van der Waals surface area contributed by atoms with Crippen molar-refractivity contribution in [1.82, 2.24) is 0 Å². The second-order valence-electron chi connectivity index (χ2n) is 3.31. The van der Waals surface area contributed by atoms with Crippen LogP contribution in [0.25, 0.3) is 0 Å². The Balaban J connectivity index is 2.20. The molecule has 0 aliphatic carbocycles. The number of azo groups is 1. The average Bonchev–Trinajstić information content (AvgIpc) is 2.33. The molecule has 17 heavy (non-hydrogen) atoms. The molecule has 86 valence electrons. The first-order valence-electron chi connectivity index (χ1n) is 4.81. The topological polar surface area (TPSA) is 45.0 Å². The van der Waals surface area contributed by atoms with Crippen molar-refractivity contribution in [3.63, 3.8) is 0 Å². The van der Waals surface area contributed by atoms with Gasteiger partial charge < -0.3 is 5.11 Å². The summed E-state index contributed by atoms with van der Waals surface area (Å²) in [6.07, 6.45) is 0. The molecule has 0 saturated carbocycles. The fourth-order valence-corrected chi connectivity index (χ4v) is 1.48. The third-order valence-electron chi connectivity index (χ3n) is 2.04. The quantitative estimate of drug-likeness (QED) is 0.754. The second kappa shape index (κ2) is 5.17. The summed E-state index contributed by atoms with van der Waals surface area (Å²) < 4.78 is 0. The smallest absolute Gasteiger partial charge is 0.134 e. The highest BCUT2D eigenvalue weighted by atomic mass is 35.5. The Bertz CT molecular complexity index is 553. The van der Waals surface area contributed by atoms with Crippen LogP contribution in [0.4, 0.5) is 11.4 Å². The van der Waals surface area contributed by atoms with E-state index in [4.69, 9.17) is 23.2 Å². The van der Waals surface area contributed by atoms with Crippen molar-refractivity contribution >= 4 is 34.6 Å². The Kier molecular flexibility index (Phi) is 3.61. The first kappa shape index (κ1) is 11.9. The van der Waals surface area contributed by atoms with Gasteiger partial charge >= 0.3 is 0 Å². The van der Waals surface area contributed by atoms with Crippen molar-refractivity contribution in [3.05, 3.63) is 52.5 Å². The molecular weight excluding hydrogens is 259 g/mol. The van der Waals surface area contributed by atoms with Gasteiger partial charge in [-0.1, -0.05) is 23.2 Å². The minimum Gasteiger partial charge on any atom is -0.506 e. The number of benzene rings is 2. The van der Waals surface area contributed by atoms with Crippen molar-refractivity contribution < 1.29 is 5.11 Å². The highest BCUT2D eigenvalue weighted by Crippen LogP contribution is 2.28. The largest absolute Gasteiger partial charge is 0.506 e. The van der Waals surface area contributed by atoms with Crippen LogP contribution in [0.1, 0.15) is 0 Å². The number of hydrogen-bond donors (Lipinski definition) is 1. The minimum atomic E-state index is 0.0251. The fraction of sp³-hybridized carbons (Fsp3) is 0. The lowest BCUT2D eigenvalue weighted by atomic mass is 10.3. The zero-order chi connectivity index (χ0) is 12.3. The molecule has 0 aromatic heterocycles. The average molecular weight is 267 g/mol. The highest BCUT2D eigenvalue weighted by molar-refractivity contribution is 6.32. The van der Waals surface area contributed by atoms with E-state index < -0.39 is 0 Å². The van der Waals surface area contributed by atoms with E-state index in [2.05, 4.69) is 10.2 Å². The summed E-state index contributed by atoms with van der Waals surface area (Å²) in [6.45, 7) is 0. The lowest BCUT2D eigenvalue weighted by Crippen LogP contribution is -1.68. The van der Waals surface area contributed by atoms with E-state index in [9.17, 15) is 5.11 Å². The Hall–Kier alpha value is -1.58. The summed E-state index contributed by atoms with van der Waals surface area (Å²) in [5.41, 5.74) is 1.27. The molecule has 5 heteroatoms. The number of phenols is 1. The normalized spacial score (nSPS) is 10.9. The van der Waals surface area contributed by atoms with Crippen LogP contribution in [0.15, 0.2) is 52.7 Å². The van der Waals surface area contributed by atoms with Crippen LogP contribution in [0, 0.1) is 0 Å². The molecular formula is C12H8Cl2N2O. The van der Waals surface area contributed by atoms with Gasteiger partial charge in [0.05, 0.1) is 16.4 Å². The zero-order valence-corrected chi connectivity index (χ0v) is 10.2. The summed E-state index contributed by atoms with van der Waals surface area (Å²) in [5.74, 6) is 0.0251. The van der Waals surface area contributed by atoms with Gasteiger partial charge in [0.25, 0.3) is 0 Å². The first-order valence-corrected chi connectivity index (χ1v) is 5.56. The number of aromatic hydroxyl groups is 1. The molecule has 0 aliphatic heterocycles. The number of halogens is 2. The van der Waals surface area contributed by atoms with Crippen LogP contribution < -0.4 is 0 Å². The molecule has 0 atom stereocenters. The third-order valence-corrected chi connectivity index (χ3v) is 2.59. The van der Waals surface area contributed by atoms with E-state index in [0.717, 1.165) is 0 Å². The lowest BCUT2D eigenvalue weighted by Gasteiger charge is -1.97. The summed E-state index contributed by atoms with van der Waals surface area (Å²) in [5, 5.41) is 18.1. The van der Waals surface area contributed by atoms with Gasteiger partial charge in [0.15, 0.2) is 0 Å². The SMILES string of the molecule is Oc1ccc(N=Nc2ccc(Cl)cc2)cc1Cl. The van der Waals surface area contributed by atoms with Crippen LogP contribution >= 0.6 is 23.2 Å². The van der Waals surface area contributed by atoms with Crippen molar-refractivity contribution in [1.29, 1.82) is 0 Å². The van der Waals surface area contributed by atoms with Crippen LogP contribution in [-0.2, 0) is 0 Å². The molecule has 3 nitrogen and oxygen atoms in total. The van der Waals surface area contributed by atoms with Crippen molar-refractivity contribution in [2.75, 3.05) is 0 Å². The molecule has 0 heterocycles. The van der Waals surface area contributed by atoms with E-state index >= 15 is 0 Å². The van der Waals surface area contributed by atoms with Gasteiger partial charge in [0.1, 0.15) is 5.75 Å². The molecule has 0 amide bonds. The minimum absolute atomic E-state index is 0.0251. The van der Waals surface area contributed by atoms with Gasteiger partial charge in [0.2, 0.25) is 0 Å². The predicted octanol–water partition coefficient (Wildman–Crippen LogP) is 5.11. The van der Waals surface area contributed by atoms with Crippen molar-refractivity contribution in [3.8, 4) is 5.75 Å². The molecule has 2 aromatic rings. The maximum atomic E-state index is 9.24. The molecule has 0 saturated heterocycles. The van der Waals surface area contributed by atoms with Crippen LogP contribution in [0.2, 0.25) is 10.0 Å². The second-order valence-corrected chi connectivity index (χ2v) is 4.16. The monoisotopic (exact) mass is 266 g/mol. The maximum absolute atomic E-state index is 9.24. The predicted molar refractivity (Wildman–Crippen MR) is 68.7 cm³/mol. The number of rotatable bonds is 2. The molecule has 0 aliphatic rings. The van der Waals surface area contributed by atoms with Crippen LogP contribution in [-0.4, -0.2) is 5.11 Å². The van der Waals surface area contributed by atoms with Gasteiger partial charge in [-0.05, 0) is 42.5 Å². The molecule has 2 rings (SSSR count). The molecule has 0 unspecified atom stereocenters. The number of nitrogens with zero attached hydrogens (tertiary/aromatic N) is 2. The Morgan fingerprint density at radius 1 is 0.824 bits per heavy atom. The highest BCUT2D eigenvalue weighted by Gasteiger charge is 1.98. The van der Waals surface area contributed by atoms with Crippen LogP contribution in [0.3, 0.4) is 0 Å². The van der Waals surface area contributed by atoms with Gasteiger partial charge in [0, 0.05) is 5.02 Å². The molecule has 0 bridgehead atoms. The Morgan fingerprint density at radius 3 is 2.06 bits per heavy atom. The maximum Gasteiger partial charge on any atom is 0.134 e. The van der Waals surface area contributed by atoms with Gasteiger partial charge in [-0.3, -0.25) is 0 Å². The first-order chi connectivity index (χ1) is 8.15.